The summed E-state index contributed by atoms with van der Waals surface area (Å²) in [6.45, 7) is 2.91. The van der Waals surface area contributed by atoms with Crippen LogP contribution in [0.4, 0.5) is 11.4 Å². The summed E-state index contributed by atoms with van der Waals surface area (Å²) < 4.78 is 5.25. The van der Waals surface area contributed by atoms with Gasteiger partial charge in [0.1, 0.15) is 0 Å². The minimum atomic E-state index is -1.05. The van der Waals surface area contributed by atoms with Gasteiger partial charge in [-0.1, -0.05) is 12.1 Å². The van der Waals surface area contributed by atoms with Gasteiger partial charge in [0, 0.05) is 16.9 Å². The van der Waals surface area contributed by atoms with Gasteiger partial charge in [0.25, 0.3) is 11.8 Å². The normalized spacial score (nSPS) is 11.3. The number of thiophene rings is 1. The average molecular weight is 436 g/mol. The molecule has 8 heteroatoms. The van der Waals surface area contributed by atoms with Gasteiger partial charge in [-0.25, -0.2) is 4.79 Å². The highest BCUT2D eigenvalue weighted by molar-refractivity contribution is 7.12. The van der Waals surface area contributed by atoms with E-state index in [4.69, 9.17) is 4.74 Å². The van der Waals surface area contributed by atoms with Gasteiger partial charge in [-0.05, 0) is 67.8 Å². The number of ketones is 1. The molecule has 0 saturated carbocycles. The maximum atomic E-state index is 12.4. The van der Waals surface area contributed by atoms with Crippen LogP contribution in [0.2, 0.25) is 0 Å². The molecule has 3 rings (SSSR count). The lowest BCUT2D eigenvalue weighted by Crippen LogP contribution is -2.30. The monoisotopic (exact) mass is 436 g/mol. The maximum Gasteiger partial charge on any atom is 0.338 e. The Morgan fingerprint density at radius 2 is 1.61 bits per heavy atom. The zero-order valence-electron chi connectivity index (χ0n) is 16.9. The Morgan fingerprint density at radius 3 is 2.26 bits per heavy atom. The van der Waals surface area contributed by atoms with Gasteiger partial charge in [-0.3, -0.25) is 14.4 Å². The van der Waals surface area contributed by atoms with E-state index in [2.05, 4.69) is 10.6 Å². The average Bonchev–Trinajstić information content (AvgIpc) is 3.29. The van der Waals surface area contributed by atoms with E-state index in [9.17, 15) is 19.2 Å². The van der Waals surface area contributed by atoms with Gasteiger partial charge in [0.2, 0.25) is 0 Å². The van der Waals surface area contributed by atoms with Crippen LogP contribution in [-0.2, 0) is 9.53 Å². The molecule has 1 atom stereocenters. The summed E-state index contributed by atoms with van der Waals surface area (Å²) in [5, 5.41) is 7.15. The third-order valence-corrected chi connectivity index (χ3v) is 5.18. The van der Waals surface area contributed by atoms with Gasteiger partial charge in [-0.2, -0.15) is 0 Å². The Kier molecular flexibility index (Phi) is 6.94. The Labute approximate surface area is 183 Å². The molecule has 1 aromatic heterocycles. The summed E-state index contributed by atoms with van der Waals surface area (Å²) in [7, 11) is 0. The van der Waals surface area contributed by atoms with Crippen LogP contribution < -0.4 is 10.6 Å². The zero-order chi connectivity index (χ0) is 22.4. The smallest absolute Gasteiger partial charge is 0.338 e. The number of ether oxygens (including phenoxy) is 1. The number of esters is 1. The second-order valence-electron chi connectivity index (χ2n) is 6.68. The summed E-state index contributed by atoms with van der Waals surface area (Å²) in [4.78, 5) is 48.8. The highest BCUT2D eigenvalue weighted by atomic mass is 32.1. The fourth-order valence-electron chi connectivity index (χ4n) is 2.64. The van der Waals surface area contributed by atoms with E-state index in [-0.39, 0.29) is 17.3 Å². The van der Waals surface area contributed by atoms with Crippen molar-refractivity contribution in [2.45, 2.75) is 20.0 Å². The lowest BCUT2D eigenvalue weighted by molar-refractivity contribution is -0.123. The third kappa shape index (κ3) is 5.86. The SMILES string of the molecule is CC(=O)c1ccc(NC(=O)C(C)OC(=O)c2cccc(NC(=O)c3cccs3)c2)cc1. The largest absolute Gasteiger partial charge is 0.449 e. The van der Waals surface area contributed by atoms with Crippen molar-refractivity contribution in [1.29, 1.82) is 0 Å². The van der Waals surface area contributed by atoms with Crippen molar-refractivity contribution in [2.24, 2.45) is 0 Å². The number of rotatable bonds is 7. The number of carbonyl (C=O) groups is 4. The zero-order valence-corrected chi connectivity index (χ0v) is 17.7. The molecule has 2 amide bonds. The number of Topliss-reactive ketones (excluding diaryl/α,β-unsaturated/α-hetero) is 1. The number of benzene rings is 2. The maximum absolute atomic E-state index is 12.4. The van der Waals surface area contributed by atoms with Gasteiger partial charge in [0.05, 0.1) is 10.4 Å². The van der Waals surface area contributed by atoms with Crippen molar-refractivity contribution in [1.82, 2.24) is 0 Å². The number of nitrogens with one attached hydrogen (secondary N) is 2. The Balaban J connectivity index is 1.59. The third-order valence-electron chi connectivity index (χ3n) is 4.31. The van der Waals surface area contributed by atoms with Gasteiger partial charge in [0.15, 0.2) is 11.9 Å². The molecule has 3 aromatic rings. The van der Waals surface area contributed by atoms with Crippen molar-refractivity contribution >= 4 is 46.3 Å². The highest BCUT2D eigenvalue weighted by Crippen LogP contribution is 2.16. The molecule has 2 N–H and O–H groups in total. The number of amides is 2. The number of carbonyl (C=O) groups excluding carboxylic acids is 4. The molecule has 0 spiro atoms. The van der Waals surface area contributed by atoms with Crippen LogP contribution in [0.1, 0.15) is 44.2 Å². The molecule has 0 fully saturated rings. The van der Waals surface area contributed by atoms with Crippen LogP contribution in [0.5, 0.6) is 0 Å². The molecule has 0 saturated heterocycles. The highest BCUT2D eigenvalue weighted by Gasteiger charge is 2.19. The number of anilines is 2. The molecule has 0 bridgehead atoms. The number of hydrogen-bond acceptors (Lipinski definition) is 6. The first-order valence-electron chi connectivity index (χ1n) is 9.41. The quantitative estimate of drug-likeness (QED) is 0.423. The van der Waals surface area contributed by atoms with Crippen LogP contribution in [0, 0.1) is 0 Å². The van der Waals surface area contributed by atoms with Crippen LogP contribution >= 0.6 is 11.3 Å². The molecule has 1 heterocycles. The molecular weight excluding hydrogens is 416 g/mol. The molecule has 1 unspecified atom stereocenters. The molecule has 2 aromatic carbocycles. The summed E-state index contributed by atoms with van der Waals surface area (Å²) in [6, 6.07) is 16.2. The predicted octanol–water partition coefficient (Wildman–Crippen LogP) is 4.39. The first kappa shape index (κ1) is 21.9. The van der Waals surface area contributed by atoms with E-state index in [0.29, 0.717) is 21.8 Å². The van der Waals surface area contributed by atoms with E-state index in [1.54, 1.807) is 53.9 Å². The molecule has 31 heavy (non-hydrogen) atoms. The van der Waals surface area contributed by atoms with Gasteiger partial charge in [-0.15, -0.1) is 11.3 Å². The molecule has 0 aliphatic rings. The number of hydrogen-bond donors (Lipinski definition) is 2. The summed E-state index contributed by atoms with van der Waals surface area (Å²) >= 11 is 1.31. The van der Waals surface area contributed by atoms with Crippen molar-refractivity contribution < 1.29 is 23.9 Å². The second kappa shape index (κ2) is 9.82. The van der Waals surface area contributed by atoms with Gasteiger partial charge >= 0.3 is 5.97 Å². The first-order valence-corrected chi connectivity index (χ1v) is 10.3. The topological polar surface area (TPSA) is 102 Å². The van der Waals surface area contributed by atoms with Crippen molar-refractivity contribution in [3.8, 4) is 0 Å². The summed E-state index contributed by atoms with van der Waals surface area (Å²) in [6.07, 6.45) is -1.05. The molecule has 0 aliphatic carbocycles. The van der Waals surface area contributed by atoms with Gasteiger partial charge < -0.3 is 15.4 Å². The fraction of sp³-hybridized carbons (Fsp3) is 0.130. The minimum Gasteiger partial charge on any atom is -0.449 e. The van der Waals surface area contributed by atoms with E-state index in [1.165, 1.54) is 37.3 Å². The molecule has 158 valence electrons. The van der Waals surface area contributed by atoms with E-state index in [0.717, 1.165) is 0 Å². The van der Waals surface area contributed by atoms with Crippen molar-refractivity contribution in [3.63, 3.8) is 0 Å². The standard InChI is InChI=1S/C23H20N2O5S/c1-14(26)16-8-10-18(11-9-16)24-21(27)15(2)30-23(29)17-5-3-6-19(13-17)25-22(28)20-7-4-12-31-20/h3-13,15H,1-2H3,(H,24,27)(H,25,28). The van der Waals surface area contributed by atoms with Crippen LogP contribution in [0.15, 0.2) is 66.0 Å². The van der Waals surface area contributed by atoms with Crippen LogP contribution in [-0.4, -0.2) is 29.7 Å². The second-order valence-corrected chi connectivity index (χ2v) is 7.63. The Morgan fingerprint density at radius 1 is 0.871 bits per heavy atom. The lowest BCUT2D eigenvalue weighted by Gasteiger charge is -2.14. The van der Waals surface area contributed by atoms with E-state index < -0.39 is 18.0 Å². The first-order chi connectivity index (χ1) is 14.8. The summed E-state index contributed by atoms with van der Waals surface area (Å²) in [5.74, 6) is -1.55. The van der Waals surface area contributed by atoms with Crippen LogP contribution in [0.25, 0.3) is 0 Å². The van der Waals surface area contributed by atoms with Crippen molar-refractivity contribution in [3.05, 3.63) is 82.0 Å². The summed E-state index contributed by atoms with van der Waals surface area (Å²) in [5.41, 5.74) is 1.66. The molecule has 0 radical (unpaired) electrons. The Bertz CT molecular complexity index is 1110. The molecule has 0 aliphatic heterocycles. The van der Waals surface area contributed by atoms with Crippen LogP contribution in [0.3, 0.4) is 0 Å². The molecular formula is C23H20N2O5S. The fourth-order valence-corrected chi connectivity index (χ4v) is 3.26. The van der Waals surface area contributed by atoms with E-state index >= 15 is 0 Å². The lowest BCUT2D eigenvalue weighted by atomic mass is 10.1. The Hall–Kier alpha value is -3.78. The molecule has 7 nitrogen and oxygen atoms in total. The van der Waals surface area contributed by atoms with Crippen molar-refractivity contribution in [2.75, 3.05) is 10.6 Å². The van der Waals surface area contributed by atoms with E-state index in [1.807, 2.05) is 0 Å². The predicted molar refractivity (Wildman–Crippen MR) is 119 cm³/mol. The minimum absolute atomic E-state index is 0.0750.